The van der Waals surface area contributed by atoms with Crippen molar-refractivity contribution < 1.29 is 4.39 Å². The van der Waals surface area contributed by atoms with Crippen LogP contribution in [0.15, 0.2) is 91.3 Å². The number of pyridine rings is 1. The largest absolute Gasteiger partial charge is 0.316 e. The number of hydrogen-bond donors (Lipinski definition) is 0. The van der Waals surface area contributed by atoms with Gasteiger partial charge in [0, 0.05) is 22.3 Å². The number of rotatable bonds is 3. The zero-order chi connectivity index (χ0) is 19.1. The molecule has 136 valence electrons. The first-order valence-electron chi connectivity index (χ1n) is 8.86. The summed E-state index contributed by atoms with van der Waals surface area (Å²) in [5, 5.41) is 5.14. The summed E-state index contributed by atoms with van der Waals surface area (Å²) in [6.45, 7) is 0. The highest BCUT2D eigenvalue weighted by molar-refractivity contribution is 6.30. The Balaban J connectivity index is 1.63. The van der Waals surface area contributed by atoms with Gasteiger partial charge < -0.3 is 4.40 Å². The molecule has 0 saturated carbocycles. The van der Waals surface area contributed by atoms with Crippen molar-refractivity contribution in [2.24, 2.45) is 0 Å². The molecule has 3 heterocycles. The molecule has 3 nitrogen and oxygen atoms in total. The van der Waals surface area contributed by atoms with Gasteiger partial charge >= 0.3 is 0 Å². The number of halogens is 2. The topological polar surface area (TPSA) is 22.2 Å². The fourth-order valence-corrected chi connectivity index (χ4v) is 3.54. The third-order valence-electron chi connectivity index (χ3n) is 4.80. The van der Waals surface area contributed by atoms with E-state index in [4.69, 9.17) is 11.6 Å². The summed E-state index contributed by atoms with van der Waals surface area (Å²) >= 11 is 6.03. The van der Waals surface area contributed by atoms with Crippen molar-refractivity contribution in [2.45, 2.75) is 0 Å². The Hall–Kier alpha value is -3.37. The van der Waals surface area contributed by atoms with Crippen LogP contribution < -0.4 is 0 Å². The predicted octanol–water partition coefficient (Wildman–Crippen LogP) is 6.25. The molecule has 28 heavy (non-hydrogen) atoms. The molecule has 0 saturated heterocycles. The van der Waals surface area contributed by atoms with E-state index >= 15 is 0 Å². The molecule has 0 aliphatic rings. The van der Waals surface area contributed by atoms with Gasteiger partial charge in [0.2, 0.25) is 0 Å². The maximum atomic E-state index is 13.3. The van der Waals surface area contributed by atoms with Gasteiger partial charge in [0.1, 0.15) is 5.82 Å². The Labute approximate surface area is 166 Å². The molecular weight excluding hydrogens is 373 g/mol. The molecule has 0 aliphatic carbocycles. The summed E-state index contributed by atoms with van der Waals surface area (Å²) in [5.74, 6) is -0.265. The predicted molar refractivity (Wildman–Crippen MR) is 110 cm³/mol. The molecule has 2 aromatic carbocycles. The van der Waals surface area contributed by atoms with Gasteiger partial charge in [-0.2, -0.15) is 5.10 Å². The number of hydrogen-bond acceptors (Lipinski definition) is 1. The van der Waals surface area contributed by atoms with Crippen molar-refractivity contribution in [3.63, 3.8) is 0 Å². The van der Waals surface area contributed by atoms with Crippen molar-refractivity contribution in [3.05, 3.63) is 102 Å². The van der Waals surface area contributed by atoms with Crippen molar-refractivity contribution in [3.8, 4) is 28.2 Å². The van der Waals surface area contributed by atoms with Crippen LogP contribution in [0.4, 0.5) is 4.39 Å². The second-order valence-corrected chi connectivity index (χ2v) is 6.98. The summed E-state index contributed by atoms with van der Waals surface area (Å²) in [4.78, 5) is 0. The second-order valence-electron chi connectivity index (χ2n) is 6.54. The van der Waals surface area contributed by atoms with Crippen molar-refractivity contribution in [1.82, 2.24) is 14.2 Å². The first-order valence-corrected chi connectivity index (χ1v) is 9.24. The van der Waals surface area contributed by atoms with Crippen LogP contribution in [0.25, 0.3) is 33.7 Å². The van der Waals surface area contributed by atoms with Crippen molar-refractivity contribution >= 4 is 17.1 Å². The van der Waals surface area contributed by atoms with Crippen LogP contribution in [-0.2, 0) is 0 Å². The normalized spacial score (nSPS) is 11.2. The summed E-state index contributed by atoms with van der Waals surface area (Å²) < 4.78 is 17.2. The average molecular weight is 388 g/mol. The molecule has 0 spiro atoms. The Morgan fingerprint density at radius 1 is 0.714 bits per heavy atom. The Morgan fingerprint density at radius 3 is 2.21 bits per heavy atom. The highest BCUT2D eigenvalue weighted by atomic mass is 35.5. The highest BCUT2D eigenvalue weighted by Gasteiger charge is 2.11. The molecule has 0 fully saturated rings. The molecule has 0 radical (unpaired) electrons. The first kappa shape index (κ1) is 16.8. The minimum Gasteiger partial charge on any atom is -0.316 e. The zero-order valence-corrected chi connectivity index (χ0v) is 15.5. The summed E-state index contributed by atoms with van der Waals surface area (Å²) in [6.07, 6.45) is 3.84. The Morgan fingerprint density at radius 2 is 1.43 bits per heavy atom. The van der Waals surface area contributed by atoms with Crippen LogP contribution in [0.1, 0.15) is 0 Å². The van der Waals surface area contributed by atoms with Gasteiger partial charge in [-0.15, -0.1) is 0 Å². The molecule has 0 unspecified atom stereocenters. The van der Waals surface area contributed by atoms with Gasteiger partial charge in [0.25, 0.3) is 0 Å². The van der Waals surface area contributed by atoms with Gasteiger partial charge in [-0.3, -0.25) is 0 Å². The van der Waals surface area contributed by atoms with Gasteiger partial charge in [0.05, 0.1) is 23.3 Å². The molecule has 0 atom stereocenters. The van der Waals surface area contributed by atoms with E-state index in [9.17, 15) is 4.39 Å². The van der Waals surface area contributed by atoms with E-state index in [0.29, 0.717) is 5.02 Å². The van der Waals surface area contributed by atoms with E-state index in [1.54, 1.807) is 18.3 Å². The van der Waals surface area contributed by atoms with Gasteiger partial charge in [0.15, 0.2) is 0 Å². The molecule has 5 aromatic rings. The molecule has 3 aromatic heterocycles. The summed E-state index contributed by atoms with van der Waals surface area (Å²) in [5.41, 5.74) is 6.04. The monoisotopic (exact) mass is 387 g/mol. The Bertz CT molecular complexity index is 1270. The fourth-order valence-electron chi connectivity index (χ4n) is 3.42. The van der Waals surface area contributed by atoms with E-state index in [1.807, 2.05) is 35.0 Å². The molecule has 0 aliphatic heterocycles. The SMILES string of the molecule is Fc1ccc(-n2nccc2-c2ccc3ccc(-c4ccc(Cl)cc4)n3c2)cc1. The third-order valence-corrected chi connectivity index (χ3v) is 5.05. The maximum absolute atomic E-state index is 13.3. The molecule has 5 rings (SSSR count). The van der Waals surface area contributed by atoms with Crippen molar-refractivity contribution in [1.29, 1.82) is 0 Å². The second kappa shape index (κ2) is 6.66. The molecular formula is C23H15ClFN3. The smallest absolute Gasteiger partial charge is 0.123 e. The lowest BCUT2D eigenvalue weighted by atomic mass is 10.1. The standard InChI is InChI=1S/C23H15ClFN3/c24-18-4-1-16(2-5-18)22-12-11-20-8-3-17(15-27(20)22)23-13-14-26-28(23)21-9-6-19(25)7-10-21/h1-15H. The summed E-state index contributed by atoms with van der Waals surface area (Å²) in [6, 6.07) is 24.4. The van der Waals surface area contributed by atoms with Gasteiger partial charge in [-0.05, 0) is 72.3 Å². The lowest BCUT2D eigenvalue weighted by Gasteiger charge is -2.10. The van der Waals surface area contributed by atoms with Crippen LogP contribution in [0.3, 0.4) is 0 Å². The lowest BCUT2D eigenvalue weighted by molar-refractivity contribution is 0.627. The van der Waals surface area contributed by atoms with Crippen LogP contribution >= 0.6 is 11.6 Å². The quantitative estimate of drug-likeness (QED) is 0.358. The highest BCUT2D eigenvalue weighted by Crippen LogP contribution is 2.28. The number of nitrogens with zero attached hydrogens (tertiary/aromatic N) is 3. The first-order chi connectivity index (χ1) is 13.7. The van der Waals surface area contributed by atoms with Crippen LogP contribution in [0, 0.1) is 5.82 Å². The maximum Gasteiger partial charge on any atom is 0.123 e. The van der Waals surface area contributed by atoms with E-state index in [2.05, 4.69) is 40.0 Å². The van der Waals surface area contributed by atoms with Gasteiger partial charge in [-0.25, -0.2) is 9.07 Å². The van der Waals surface area contributed by atoms with E-state index in [0.717, 1.165) is 33.7 Å². The Kier molecular flexibility index (Phi) is 3.99. The van der Waals surface area contributed by atoms with E-state index in [-0.39, 0.29) is 5.82 Å². The zero-order valence-electron chi connectivity index (χ0n) is 14.8. The molecule has 0 bridgehead atoms. The number of fused-ring (bicyclic) bond motifs is 1. The van der Waals surface area contributed by atoms with Gasteiger partial charge in [-0.1, -0.05) is 23.7 Å². The van der Waals surface area contributed by atoms with Crippen LogP contribution in [0.2, 0.25) is 5.02 Å². The van der Waals surface area contributed by atoms with Crippen molar-refractivity contribution in [2.75, 3.05) is 0 Å². The minimum absolute atomic E-state index is 0.265. The fraction of sp³-hybridized carbons (Fsp3) is 0. The molecule has 5 heteroatoms. The average Bonchev–Trinajstić information content (AvgIpc) is 3.36. The van der Waals surface area contributed by atoms with E-state index < -0.39 is 0 Å². The summed E-state index contributed by atoms with van der Waals surface area (Å²) in [7, 11) is 0. The minimum atomic E-state index is -0.265. The van der Waals surface area contributed by atoms with E-state index in [1.165, 1.54) is 12.1 Å². The lowest BCUT2D eigenvalue weighted by Crippen LogP contribution is -1.99. The third kappa shape index (κ3) is 2.88. The number of aromatic nitrogens is 3. The molecule has 0 amide bonds. The van der Waals surface area contributed by atoms with Crippen LogP contribution in [-0.4, -0.2) is 14.2 Å². The number of benzene rings is 2. The van der Waals surface area contributed by atoms with Crippen LogP contribution in [0.5, 0.6) is 0 Å². The molecule has 0 N–H and O–H groups in total.